The first kappa shape index (κ1) is 26.6. The molecule has 9 nitrogen and oxygen atoms in total. The molecule has 5 aromatic rings. The van der Waals surface area contributed by atoms with Crippen LogP contribution >= 0.6 is 0 Å². The molecule has 1 fully saturated rings. The first-order valence-electron chi connectivity index (χ1n) is 13.2. The number of pyridine rings is 1. The van der Waals surface area contributed by atoms with Gasteiger partial charge in [-0.05, 0) is 55.1 Å². The zero-order chi connectivity index (χ0) is 28.2. The summed E-state index contributed by atoms with van der Waals surface area (Å²) in [5, 5.41) is 8.07. The van der Waals surface area contributed by atoms with Gasteiger partial charge in [0.15, 0.2) is 11.6 Å². The van der Waals surface area contributed by atoms with Crippen LogP contribution in [0.15, 0.2) is 96.3 Å². The Hall–Kier alpha value is -4.61. The van der Waals surface area contributed by atoms with Crippen molar-refractivity contribution in [2.45, 2.75) is 23.8 Å². The molecule has 2 aromatic heterocycles. The molecule has 3 aromatic carbocycles. The number of hydrogen-bond acceptors (Lipinski definition) is 8. The van der Waals surface area contributed by atoms with E-state index in [2.05, 4.69) is 30.3 Å². The molecule has 1 aliphatic heterocycles. The Balaban J connectivity index is 1.22. The van der Waals surface area contributed by atoms with Crippen LogP contribution in [0.4, 0.5) is 16.0 Å². The summed E-state index contributed by atoms with van der Waals surface area (Å²) in [6, 6.07) is 19.7. The minimum Gasteiger partial charge on any atom is -0.453 e. The summed E-state index contributed by atoms with van der Waals surface area (Å²) in [6.45, 7) is 1.84. The number of rotatable bonds is 8. The molecular weight excluding hydrogens is 543 g/mol. The Morgan fingerprint density at radius 1 is 0.976 bits per heavy atom. The van der Waals surface area contributed by atoms with Gasteiger partial charge in [0.1, 0.15) is 5.75 Å². The van der Waals surface area contributed by atoms with E-state index in [0.717, 1.165) is 37.4 Å². The highest BCUT2D eigenvalue weighted by Crippen LogP contribution is 2.34. The van der Waals surface area contributed by atoms with Gasteiger partial charge in [-0.2, -0.15) is 0 Å². The summed E-state index contributed by atoms with van der Waals surface area (Å²) in [5.41, 5.74) is 1.19. The van der Waals surface area contributed by atoms with Gasteiger partial charge in [-0.3, -0.25) is 9.71 Å². The van der Waals surface area contributed by atoms with E-state index in [9.17, 15) is 8.42 Å². The lowest BCUT2D eigenvalue weighted by Crippen LogP contribution is -2.38. The third kappa shape index (κ3) is 5.96. The number of piperidine rings is 1. The predicted molar refractivity (Wildman–Crippen MR) is 156 cm³/mol. The van der Waals surface area contributed by atoms with Gasteiger partial charge in [0.05, 0.1) is 21.8 Å². The van der Waals surface area contributed by atoms with E-state index in [1.54, 1.807) is 42.7 Å². The standard InChI is InChI=1S/C30H27FN6O3S/c31-25-17-21(37-41(38,39)29-9-3-6-20-5-1-2-8-23(20)29)10-11-28(25)40-27-13-15-33-19-24(27)26-12-16-34-30(36-26)35-22-7-4-14-32-18-22/h1-3,5-6,8-13,15-17,19,22,32,37H,4,7,14,18H2,(H,34,35,36)/t22-/m0/s1. The number of nitrogens with one attached hydrogen (secondary N) is 3. The zero-order valence-corrected chi connectivity index (χ0v) is 22.7. The maximum absolute atomic E-state index is 15.2. The second-order valence-electron chi connectivity index (χ2n) is 9.65. The van der Waals surface area contributed by atoms with Gasteiger partial charge in [0, 0.05) is 42.6 Å². The van der Waals surface area contributed by atoms with Crippen LogP contribution in [-0.2, 0) is 10.0 Å². The number of aromatic nitrogens is 3. The Morgan fingerprint density at radius 2 is 1.85 bits per heavy atom. The van der Waals surface area contributed by atoms with E-state index < -0.39 is 15.8 Å². The highest BCUT2D eigenvalue weighted by atomic mass is 32.2. The molecule has 1 aliphatic rings. The summed E-state index contributed by atoms with van der Waals surface area (Å²) in [4.78, 5) is 13.3. The van der Waals surface area contributed by atoms with Crippen LogP contribution < -0.4 is 20.1 Å². The number of anilines is 2. The maximum atomic E-state index is 15.2. The molecule has 0 amide bonds. The summed E-state index contributed by atoms with van der Waals surface area (Å²) >= 11 is 0. The molecule has 0 aliphatic carbocycles. The first-order valence-corrected chi connectivity index (χ1v) is 14.7. The molecule has 0 radical (unpaired) electrons. The van der Waals surface area contributed by atoms with Gasteiger partial charge < -0.3 is 15.4 Å². The zero-order valence-electron chi connectivity index (χ0n) is 21.9. The molecule has 11 heteroatoms. The highest BCUT2D eigenvalue weighted by Gasteiger charge is 2.19. The average molecular weight is 571 g/mol. The third-order valence-electron chi connectivity index (χ3n) is 6.79. The molecule has 0 unspecified atom stereocenters. The van der Waals surface area contributed by atoms with E-state index in [4.69, 9.17) is 4.74 Å². The number of fused-ring (bicyclic) bond motifs is 1. The lowest BCUT2D eigenvalue weighted by atomic mass is 10.1. The summed E-state index contributed by atoms with van der Waals surface area (Å²) in [5.74, 6) is 0.0129. The number of nitrogens with zero attached hydrogens (tertiary/aromatic N) is 3. The summed E-state index contributed by atoms with van der Waals surface area (Å²) < 4.78 is 49.9. The van der Waals surface area contributed by atoms with Crippen LogP contribution in [0.2, 0.25) is 0 Å². The normalized spacial score (nSPS) is 15.4. The molecule has 0 saturated carbocycles. The van der Waals surface area contributed by atoms with Gasteiger partial charge >= 0.3 is 0 Å². The van der Waals surface area contributed by atoms with Crippen molar-refractivity contribution in [3.63, 3.8) is 0 Å². The minimum atomic E-state index is -3.98. The fourth-order valence-electron chi connectivity index (χ4n) is 4.80. The molecular formula is C30H27FN6O3S. The molecule has 1 atom stereocenters. The topological polar surface area (TPSA) is 118 Å². The van der Waals surface area contributed by atoms with E-state index in [-0.39, 0.29) is 22.4 Å². The van der Waals surface area contributed by atoms with Crippen molar-refractivity contribution in [3.8, 4) is 22.8 Å². The smallest absolute Gasteiger partial charge is 0.262 e. The van der Waals surface area contributed by atoms with Crippen molar-refractivity contribution < 1.29 is 17.5 Å². The molecule has 0 spiro atoms. The van der Waals surface area contributed by atoms with Gasteiger partial charge in [0.2, 0.25) is 5.95 Å². The fraction of sp³-hybridized carbons (Fsp3) is 0.167. The van der Waals surface area contributed by atoms with Crippen LogP contribution in [0.5, 0.6) is 11.5 Å². The van der Waals surface area contributed by atoms with E-state index >= 15 is 4.39 Å². The Morgan fingerprint density at radius 3 is 2.71 bits per heavy atom. The number of sulfonamides is 1. The van der Waals surface area contributed by atoms with Gasteiger partial charge in [-0.1, -0.05) is 36.4 Å². The molecule has 3 heterocycles. The van der Waals surface area contributed by atoms with Crippen LogP contribution in [0, 0.1) is 5.82 Å². The average Bonchev–Trinajstić information content (AvgIpc) is 2.99. The van der Waals surface area contributed by atoms with Crippen molar-refractivity contribution >= 4 is 32.4 Å². The number of benzene rings is 3. The van der Waals surface area contributed by atoms with Crippen molar-refractivity contribution in [1.82, 2.24) is 20.3 Å². The molecule has 41 heavy (non-hydrogen) atoms. The van der Waals surface area contributed by atoms with Crippen LogP contribution in [0.25, 0.3) is 22.0 Å². The Bertz CT molecular complexity index is 1810. The van der Waals surface area contributed by atoms with Crippen molar-refractivity contribution in [1.29, 1.82) is 0 Å². The summed E-state index contributed by atoms with van der Waals surface area (Å²) in [6.07, 6.45) is 6.88. The lowest BCUT2D eigenvalue weighted by Gasteiger charge is -2.23. The molecule has 3 N–H and O–H groups in total. The Labute approximate surface area is 236 Å². The van der Waals surface area contributed by atoms with Crippen LogP contribution in [0.3, 0.4) is 0 Å². The van der Waals surface area contributed by atoms with Crippen LogP contribution in [-0.4, -0.2) is 42.5 Å². The Kier molecular flexibility index (Phi) is 7.45. The largest absolute Gasteiger partial charge is 0.453 e. The molecule has 208 valence electrons. The minimum absolute atomic E-state index is 0.0708. The third-order valence-corrected chi connectivity index (χ3v) is 8.23. The fourth-order valence-corrected chi connectivity index (χ4v) is 6.08. The van der Waals surface area contributed by atoms with Crippen LogP contribution in [0.1, 0.15) is 12.8 Å². The van der Waals surface area contributed by atoms with Gasteiger partial charge in [0.25, 0.3) is 10.0 Å². The number of halogens is 1. The SMILES string of the molecule is O=S(=O)(Nc1ccc(Oc2ccncc2-c2ccnc(N[C@H]3CCCNC3)n2)c(F)c1)c1cccc2ccccc12. The summed E-state index contributed by atoms with van der Waals surface area (Å²) in [7, 11) is -3.98. The van der Waals surface area contributed by atoms with Gasteiger partial charge in [-0.25, -0.2) is 22.8 Å². The second-order valence-corrected chi connectivity index (χ2v) is 11.3. The highest BCUT2D eigenvalue weighted by molar-refractivity contribution is 7.93. The lowest BCUT2D eigenvalue weighted by molar-refractivity contribution is 0.443. The molecule has 0 bridgehead atoms. The van der Waals surface area contributed by atoms with Crippen molar-refractivity contribution in [3.05, 3.63) is 97.2 Å². The van der Waals surface area contributed by atoms with Crippen molar-refractivity contribution in [2.24, 2.45) is 0 Å². The quantitative estimate of drug-likeness (QED) is 0.221. The predicted octanol–water partition coefficient (Wildman–Crippen LogP) is 5.59. The van der Waals surface area contributed by atoms with Gasteiger partial charge in [-0.15, -0.1) is 0 Å². The first-order chi connectivity index (χ1) is 20.0. The van der Waals surface area contributed by atoms with E-state index in [1.165, 1.54) is 24.4 Å². The molecule has 6 rings (SSSR count). The number of ether oxygens (including phenoxy) is 1. The number of hydrogen-bond donors (Lipinski definition) is 3. The monoisotopic (exact) mass is 570 g/mol. The maximum Gasteiger partial charge on any atom is 0.262 e. The molecule has 1 saturated heterocycles. The van der Waals surface area contributed by atoms with E-state index in [1.807, 2.05) is 18.2 Å². The second kappa shape index (κ2) is 11.5. The van der Waals surface area contributed by atoms with Crippen molar-refractivity contribution in [2.75, 3.05) is 23.1 Å². The van der Waals surface area contributed by atoms with E-state index in [0.29, 0.717) is 28.3 Å².